The lowest BCUT2D eigenvalue weighted by Gasteiger charge is -2.05. The van der Waals surface area contributed by atoms with Crippen molar-refractivity contribution in [3.8, 4) is 5.75 Å². The van der Waals surface area contributed by atoms with Crippen LogP contribution in [0.15, 0.2) is 23.3 Å². The number of ether oxygens (including phenoxy) is 1. The lowest BCUT2D eigenvalue weighted by Crippen LogP contribution is -2.03. The van der Waals surface area contributed by atoms with Crippen molar-refractivity contribution in [2.45, 2.75) is 13.8 Å². The van der Waals surface area contributed by atoms with Crippen molar-refractivity contribution in [3.63, 3.8) is 0 Å². The Kier molecular flexibility index (Phi) is 4.06. The van der Waals surface area contributed by atoms with Crippen molar-refractivity contribution in [3.05, 3.63) is 35.3 Å². The molecule has 19 heavy (non-hydrogen) atoms. The highest BCUT2D eigenvalue weighted by molar-refractivity contribution is 7.10. The summed E-state index contributed by atoms with van der Waals surface area (Å²) in [6.07, 6.45) is 0. The molecule has 0 amide bonds. The zero-order valence-corrected chi connectivity index (χ0v) is 11.6. The molecule has 7 heteroatoms. The van der Waals surface area contributed by atoms with Gasteiger partial charge in [-0.05, 0) is 26.0 Å². The highest BCUT2D eigenvalue weighted by atomic mass is 32.1. The summed E-state index contributed by atoms with van der Waals surface area (Å²) in [6, 6.07) is 4.65. The molecule has 1 aromatic carbocycles. The number of anilines is 1. The van der Waals surface area contributed by atoms with Gasteiger partial charge in [0.15, 0.2) is 5.00 Å². The second-order valence-electron chi connectivity index (χ2n) is 3.84. The van der Waals surface area contributed by atoms with E-state index in [9.17, 15) is 4.39 Å². The summed E-state index contributed by atoms with van der Waals surface area (Å²) in [6.45, 7) is 3.55. The molecule has 0 spiro atoms. The van der Waals surface area contributed by atoms with Crippen LogP contribution in [0.5, 0.6) is 5.75 Å². The SMILES string of the molecule is COc1ccc(/C(C)=N/Nc2snnc2C)c(F)c1. The summed E-state index contributed by atoms with van der Waals surface area (Å²) in [5, 5.41) is 8.73. The Hall–Kier alpha value is -2.02. The first-order valence-corrected chi connectivity index (χ1v) is 6.32. The molecule has 2 aromatic rings. The summed E-state index contributed by atoms with van der Waals surface area (Å²) < 4.78 is 22.6. The van der Waals surface area contributed by atoms with Gasteiger partial charge in [0.2, 0.25) is 0 Å². The van der Waals surface area contributed by atoms with Crippen LogP contribution in [0.25, 0.3) is 0 Å². The maximum atomic E-state index is 13.8. The largest absolute Gasteiger partial charge is 0.497 e. The Balaban J connectivity index is 2.19. The van der Waals surface area contributed by atoms with E-state index in [0.29, 0.717) is 17.0 Å². The van der Waals surface area contributed by atoms with Crippen molar-refractivity contribution in [2.75, 3.05) is 12.5 Å². The fourth-order valence-corrected chi connectivity index (χ4v) is 1.95. The van der Waals surface area contributed by atoms with Gasteiger partial charge in [-0.15, -0.1) is 5.10 Å². The number of methoxy groups -OCH3 is 1. The third kappa shape index (κ3) is 3.05. The quantitative estimate of drug-likeness (QED) is 0.691. The summed E-state index contributed by atoms with van der Waals surface area (Å²) in [5.74, 6) is 0.103. The first kappa shape index (κ1) is 13.4. The molecular weight excluding hydrogens is 267 g/mol. The summed E-state index contributed by atoms with van der Waals surface area (Å²) >= 11 is 1.20. The number of nitrogens with zero attached hydrogens (tertiary/aromatic N) is 3. The van der Waals surface area contributed by atoms with Crippen LogP contribution in [0, 0.1) is 12.7 Å². The van der Waals surface area contributed by atoms with Crippen LogP contribution in [0.4, 0.5) is 9.39 Å². The zero-order chi connectivity index (χ0) is 13.8. The molecule has 0 bridgehead atoms. The third-order valence-corrected chi connectivity index (χ3v) is 3.28. The fraction of sp³-hybridized carbons (Fsp3) is 0.250. The average Bonchev–Trinajstić information content (AvgIpc) is 2.81. The number of hydrazone groups is 1. The minimum absolute atomic E-state index is 0.374. The van der Waals surface area contributed by atoms with Crippen LogP contribution in [0.1, 0.15) is 18.2 Å². The monoisotopic (exact) mass is 280 g/mol. The maximum absolute atomic E-state index is 13.8. The van der Waals surface area contributed by atoms with Crippen LogP contribution >= 0.6 is 11.5 Å². The zero-order valence-electron chi connectivity index (χ0n) is 10.8. The smallest absolute Gasteiger partial charge is 0.153 e. The number of nitrogens with one attached hydrogen (secondary N) is 1. The van der Waals surface area contributed by atoms with Crippen molar-refractivity contribution in [2.24, 2.45) is 5.10 Å². The number of hydrogen-bond donors (Lipinski definition) is 1. The summed E-state index contributed by atoms with van der Waals surface area (Å²) in [5.41, 5.74) is 4.55. The third-order valence-electron chi connectivity index (χ3n) is 2.54. The number of hydrogen-bond acceptors (Lipinski definition) is 6. The molecule has 0 fully saturated rings. The minimum atomic E-state index is -0.374. The minimum Gasteiger partial charge on any atom is -0.497 e. The predicted molar refractivity (Wildman–Crippen MR) is 73.4 cm³/mol. The van der Waals surface area contributed by atoms with E-state index in [0.717, 1.165) is 10.7 Å². The maximum Gasteiger partial charge on any atom is 0.153 e. The fourth-order valence-electron chi connectivity index (χ4n) is 1.45. The highest BCUT2D eigenvalue weighted by Crippen LogP contribution is 2.19. The molecule has 0 atom stereocenters. The van der Waals surface area contributed by atoms with E-state index in [1.54, 1.807) is 19.1 Å². The van der Waals surface area contributed by atoms with E-state index in [-0.39, 0.29) is 5.82 Å². The molecule has 0 unspecified atom stereocenters. The normalized spacial score (nSPS) is 11.5. The van der Waals surface area contributed by atoms with Crippen molar-refractivity contribution in [1.82, 2.24) is 9.59 Å². The molecule has 2 rings (SSSR count). The average molecular weight is 280 g/mol. The van der Waals surface area contributed by atoms with Crippen LogP contribution in [-0.2, 0) is 0 Å². The number of aromatic nitrogens is 2. The predicted octanol–water partition coefficient (Wildman–Crippen LogP) is 2.83. The van der Waals surface area contributed by atoms with Crippen molar-refractivity contribution < 1.29 is 9.13 Å². The van der Waals surface area contributed by atoms with E-state index in [1.165, 1.54) is 24.7 Å². The van der Waals surface area contributed by atoms with Gasteiger partial charge < -0.3 is 4.74 Å². The van der Waals surface area contributed by atoms with Crippen LogP contribution in [0.2, 0.25) is 0 Å². The molecule has 1 N–H and O–H groups in total. The molecule has 1 aromatic heterocycles. The molecule has 0 saturated carbocycles. The standard InChI is InChI=1S/C12H13FN4OS/c1-7(14-16-12-8(2)15-17-19-12)10-5-4-9(18-3)6-11(10)13/h4-6,16H,1-3H3/b14-7+. The molecule has 0 aliphatic rings. The summed E-state index contributed by atoms with van der Waals surface area (Å²) in [7, 11) is 1.50. The number of benzene rings is 1. The summed E-state index contributed by atoms with van der Waals surface area (Å²) in [4.78, 5) is 0. The first-order chi connectivity index (χ1) is 9.11. The van der Waals surface area contributed by atoms with E-state index in [4.69, 9.17) is 4.74 Å². The molecule has 1 heterocycles. The number of halogens is 1. The number of rotatable bonds is 4. The molecule has 0 aliphatic carbocycles. The van der Waals surface area contributed by atoms with Gasteiger partial charge in [-0.1, -0.05) is 4.49 Å². The Bertz CT molecular complexity index is 612. The van der Waals surface area contributed by atoms with Crippen LogP contribution in [0.3, 0.4) is 0 Å². The van der Waals surface area contributed by atoms with Crippen molar-refractivity contribution >= 4 is 22.2 Å². The van der Waals surface area contributed by atoms with Crippen LogP contribution < -0.4 is 10.2 Å². The molecule has 100 valence electrons. The topological polar surface area (TPSA) is 59.4 Å². The Morgan fingerprint density at radius 3 is 2.84 bits per heavy atom. The molecule has 5 nitrogen and oxygen atoms in total. The van der Waals surface area contributed by atoms with Gasteiger partial charge in [0, 0.05) is 23.2 Å². The van der Waals surface area contributed by atoms with Gasteiger partial charge in [-0.2, -0.15) is 5.10 Å². The van der Waals surface area contributed by atoms with E-state index < -0.39 is 0 Å². The Labute approximate surface area is 114 Å². The molecule has 0 aliphatic heterocycles. The second-order valence-corrected chi connectivity index (χ2v) is 4.60. The second kappa shape index (κ2) is 5.75. The van der Waals surface area contributed by atoms with Gasteiger partial charge in [0.25, 0.3) is 0 Å². The van der Waals surface area contributed by atoms with Crippen molar-refractivity contribution in [1.29, 1.82) is 0 Å². The van der Waals surface area contributed by atoms with E-state index in [1.807, 2.05) is 6.92 Å². The molecular formula is C12H13FN4OS. The Morgan fingerprint density at radius 1 is 1.47 bits per heavy atom. The molecule has 0 radical (unpaired) electrons. The van der Waals surface area contributed by atoms with E-state index >= 15 is 0 Å². The van der Waals surface area contributed by atoms with Gasteiger partial charge in [-0.3, -0.25) is 5.43 Å². The number of aryl methyl sites for hydroxylation is 1. The van der Waals surface area contributed by atoms with Gasteiger partial charge >= 0.3 is 0 Å². The first-order valence-electron chi connectivity index (χ1n) is 5.55. The van der Waals surface area contributed by atoms with Crippen LogP contribution in [-0.4, -0.2) is 22.4 Å². The molecule has 0 saturated heterocycles. The Morgan fingerprint density at radius 2 is 2.26 bits per heavy atom. The van der Waals surface area contributed by atoms with Gasteiger partial charge in [-0.25, -0.2) is 4.39 Å². The van der Waals surface area contributed by atoms with E-state index in [2.05, 4.69) is 20.1 Å². The highest BCUT2D eigenvalue weighted by Gasteiger charge is 2.08. The lowest BCUT2D eigenvalue weighted by atomic mass is 10.1. The van der Waals surface area contributed by atoms with Gasteiger partial charge in [0.05, 0.1) is 18.5 Å². The lowest BCUT2D eigenvalue weighted by molar-refractivity contribution is 0.411. The van der Waals surface area contributed by atoms with Gasteiger partial charge in [0.1, 0.15) is 11.6 Å².